The van der Waals surface area contributed by atoms with Gasteiger partial charge in [0.2, 0.25) is 0 Å². The van der Waals surface area contributed by atoms with Gasteiger partial charge >= 0.3 is 11.9 Å². The van der Waals surface area contributed by atoms with Crippen molar-refractivity contribution in [3.8, 4) is 0 Å². The first-order valence-corrected chi connectivity index (χ1v) is 35.0. The lowest BCUT2D eigenvalue weighted by Crippen LogP contribution is -2.44. The van der Waals surface area contributed by atoms with E-state index in [2.05, 4.69) is 160 Å². The molecule has 0 aliphatic carbocycles. The zero-order valence-corrected chi connectivity index (χ0v) is 56.3. The Kier molecular flexibility index (Phi) is 63.4. The Morgan fingerprint density at radius 1 is 0.345 bits per heavy atom. The molecule has 2 unspecified atom stereocenters. The summed E-state index contributed by atoms with van der Waals surface area (Å²) in [5.41, 5.74) is 0. The molecule has 0 aliphatic rings. The molecule has 0 heterocycles. The summed E-state index contributed by atoms with van der Waals surface area (Å²) in [6.07, 6.45) is 94.9. The molecule has 2 atom stereocenters. The third-order valence-electron chi connectivity index (χ3n) is 14.6. The molecule has 0 radical (unpaired) electrons. The molecule has 0 saturated carbocycles. The molecule has 0 aromatic heterocycles. The maximum absolute atomic E-state index is 12.9. The predicted octanol–water partition coefficient (Wildman–Crippen LogP) is 20.6. The number of carbonyl (C=O) groups excluding carboxylic acids is 3. The zero-order chi connectivity index (χ0) is 63.3. The van der Waals surface area contributed by atoms with Crippen molar-refractivity contribution in [1.82, 2.24) is 0 Å². The van der Waals surface area contributed by atoms with Crippen LogP contribution in [0.15, 0.2) is 146 Å². The van der Waals surface area contributed by atoms with Gasteiger partial charge in [-0.1, -0.05) is 288 Å². The second-order valence-electron chi connectivity index (χ2n) is 24.1. The van der Waals surface area contributed by atoms with Gasteiger partial charge in [-0.25, -0.2) is 0 Å². The van der Waals surface area contributed by atoms with E-state index in [0.29, 0.717) is 17.4 Å². The molecule has 0 aliphatic heterocycles. The minimum atomic E-state index is -1.63. The van der Waals surface area contributed by atoms with E-state index in [1.54, 1.807) is 0 Å². The van der Waals surface area contributed by atoms with E-state index in [1.807, 2.05) is 21.1 Å². The Morgan fingerprint density at radius 2 is 0.621 bits per heavy atom. The Morgan fingerprint density at radius 3 is 0.920 bits per heavy atom. The number of carbonyl (C=O) groups is 3. The summed E-state index contributed by atoms with van der Waals surface area (Å²) in [4.78, 5) is 37.5. The van der Waals surface area contributed by atoms with Crippen LogP contribution in [-0.2, 0) is 33.3 Å². The summed E-state index contributed by atoms with van der Waals surface area (Å²) in [5.74, 6) is -2.30. The molecule has 9 nitrogen and oxygen atoms in total. The summed E-state index contributed by atoms with van der Waals surface area (Å²) in [7, 11) is 5.92. The van der Waals surface area contributed by atoms with E-state index in [4.69, 9.17) is 18.9 Å². The maximum Gasteiger partial charge on any atom is 0.306 e. The van der Waals surface area contributed by atoms with Gasteiger partial charge < -0.3 is 33.3 Å². The van der Waals surface area contributed by atoms with Gasteiger partial charge in [0.05, 0.1) is 40.3 Å². The lowest BCUT2D eigenvalue weighted by Gasteiger charge is -2.26. The van der Waals surface area contributed by atoms with Gasteiger partial charge in [-0.15, -0.1) is 0 Å². The predicted molar refractivity (Wildman–Crippen MR) is 370 cm³/mol. The van der Waals surface area contributed by atoms with Crippen molar-refractivity contribution in [2.24, 2.45) is 0 Å². The van der Waals surface area contributed by atoms with Crippen LogP contribution in [-0.4, -0.2) is 82.3 Å². The highest BCUT2D eigenvalue weighted by Gasteiger charge is 2.22. The van der Waals surface area contributed by atoms with E-state index in [1.165, 1.54) is 116 Å². The average molecular weight is 1210 g/mol. The SMILES string of the molecule is CC/C=C\C/C=C\C/C=C\C/C=C\C/C=C\C/C=C\C/C=C\C/C=C\CCCCCCCCCCC(=O)OC(COC(=O)CCCCCCCCCCCCCCCCCC/C=C\C/C=C\C/C=C\C/C=C\CC)COC(OCC[N+](C)(C)C)C(=O)[O-]. The van der Waals surface area contributed by atoms with E-state index < -0.39 is 24.3 Å². The Labute approximate surface area is 534 Å². The van der Waals surface area contributed by atoms with Crippen molar-refractivity contribution in [1.29, 1.82) is 0 Å². The van der Waals surface area contributed by atoms with Crippen LogP contribution in [0.25, 0.3) is 0 Å². The quantitative estimate of drug-likeness (QED) is 0.0195. The monoisotopic (exact) mass is 1210 g/mol. The number of ether oxygens (including phenoxy) is 4. The molecule has 0 rings (SSSR count). The summed E-state index contributed by atoms with van der Waals surface area (Å²) >= 11 is 0. The number of hydrogen-bond donors (Lipinski definition) is 0. The lowest BCUT2D eigenvalue weighted by molar-refractivity contribution is -0.870. The molecule has 9 heteroatoms. The van der Waals surface area contributed by atoms with Crippen molar-refractivity contribution in [2.45, 2.75) is 283 Å². The van der Waals surface area contributed by atoms with Crippen molar-refractivity contribution < 1.29 is 42.9 Å². The Balaban J connectivity index is 4.18. The molecule has 0 fully saturated rings. The van der Waals surface area contributed by atoms with Crippen LogP contribution in [0.2, 0.25) is 0 Å². The number of esters is 2. The van der Waals surface area contributed by atoms with Crippen molar-refractivity contribution in [2.75, 3.05) is 47.5 Å². The normalized spacial score (nSPS) is 13.6. The molecule has 0 N–H and O–H groups in total. The molecule has 0 spiro atoms. The number of hydrogen-bond acceptors (Lipinski definition) is 8. The molecular formula is C78H129NO8. The molecule has 0 amide bonds. The molecule has 0 aromatic carbocycles. The molecule has 87 heavy (non-hydrogen) atoms. The highest BCUT2D eigenvalue weighted by Crippen LogP contribution is 2.17. The van der Waals surface area contributed by atoms with Crippen LogP contribution in [0, 0.1) is 0 Å². The lowest BCUT2D eigenvalue weighted by atomic mass is 10.0. The van der Waals surface area contributed by atoms with Crippen LogP contribution in [0.5, 0.6) is 0 Å². The molecule has 494 valence electrons. The van der Waals surface area contributed by atoms with Gasteiger partial charge in [-0.2, -0.15) is 0 Å². The van der Waals surface area contributed by atoms with Crippen LogP contribution in [0.3, 0.4) is 0 Å². The fourth-order valence-electron chi connectivity index (χ4n) is 9.31. The molecule has 0 bridgehead atoms. The second-order valence-corrected chi connectivity index (χ2v) is 24.1. The van der Waals surface area contributed by atoms with Crippen LogP contribution >= 0.6 is 0 Å². The number of rotatable bonds is 63. The minimum Gasteiger partial charge on any atom is -0.545 e. The van der Waals surface area contributed by atoms with Crippen LogP contribution in [0.1, 0.15) is 271 Å². The number of carboxylic acids is 1. The summed E-state index contributed by atoms with van der Waals surface area (Å²) in [6, 6.07) is 0. The fraction of sp³-hybridized carbons (Fsp3) is 0.654. The molecule has 0 saturated heterocycles. The zero-order valence-electron chi connectivity index (χ0n) is 56.3. The first-order chi connectivity index (χ1) is 42.6. The fourth-order valence-corrected chi connectivity index (χ4v) is 9.31. The first-order valence-electron chi connectivity index (χ1n) is 35.0. The third kappa shape index (κ3) is 68.5. The second kappa shape index (κ2) is 67.1. The summed E-state index contributed by atoms with van der Waals surface area (Å²) in [6.45, 7) is 4.52. The molecule has 0 aromatic rings. The Hall–Kier alpha value is -4.83. The molecular weight excluding hydrogens is 1080 g/mol. The number of unbranched alkanes of at least 4 members (excludes halogenated alkanes) is 24. The number of likely N-dealkylation sites (N-methyl/N-ethyl adjacent to an activating group) is 1. The Bertz CT molecular complexity index is 1940. The number of allylic oxidation sites excluding steroid dienone is 24. The number of quaternary nitrogens is 1. The number of nitrogens with zero attached hydrogens (tertiary/aromatic N) is 1. The first kappa shape index (κ1) is 82.2. The van der Waals surface area contributed by atoms with Crippen LogP contribution < -0.4 is 5.11 Å². The van der Waals surface area contributed by atoms with Crippen molar-refractivity contribution >= 4 is 17.9 Å². The standard InChI is InChI=1S/C78H129NO8/c1-6-8-10-12-14-16-18-20-22-24-26-28-30-32-34-36-37-38-39-41-43-45-47-49-51-53-55-57-59-61-63-65-67-69-76(81)87-74(73-86-78(77(82)83)84-71-70-79(3,4)5)72-85-75(80)68-66-64-62-60-58-56-54-52-50-48-46-44-42-40-35-33-31-29-27-25-23-21-19-17-15-13-11-9-7-2/h8-11,14-17,20-23,26-29,32,34,37-38,41,43,47,49,74,78H,6-7,12-13,18-19,24-25,30-31,33,35-36,39-40,42,44-46,48,50-73H2,1-5H3/b10-8-,11-9-,16-14-,17-15-,22-20-,23-21-,28-26-,29-27-,34-32-,38-37-,43-41-,49-47-. The van der Waals surface area contributed by atoms with Crippen molar-refractivity contribution in [3.63, 3.8) is 0 Å². The van der Waals surface area contributed by atoms with Gasteiger partial charge in [-0.05, 0) is 116 Å². The van der Waals surface area contributed by atoms with E-state index in [9.17, 15) is 19.5 Å². The third-order valence-corrected chi connectivity index (χ3v) is 14.6. The maximum atomic E-state index is 12.9. The van der Waals surface area contributed by atoms with Gasteiger partial charge in [0.25, 0.3) is 0 Å². The smallest absolute Gasteiger partial charge is 0.306 e. The summed E-state index contributed by atoms with van der Waals surface area (Å²) in [5, 5.41) is 11.8. The van der Waals surface area contributed by atoms with Gasteiger partial charge in [-0.3, -0.25) is 9.59 Å². The van der Waals surface area contributed by atoms with Crippen LogP contribution in [0.4, 0.5) is 0 Å². The van der Waals surface area contributed by atoms with Gasteiger partial charge in [0.1, 0.15) is 13.2 Å². The highest BCUT2D eigenvalue weighted by atomic mass is 16.7. The van der Waals surface area contributed by atoms with Gasteiger partial charge in [0, 0.05) is 12.8 Å². The van der Waals surface area contributed by atoms with Crippen molar-refractivity contribution in [3.05, 3.63) is 146 Å². The number of carboxylic acid groups (broad SMARTS) is 1. The number of aliphatic carboxylic acids is 1. The highest BCUT2D eigenvalue weighted by molar-refractivity contribution is 5.70. The summed E-state index contributed by atoms with van der Waals surface area (Å²) < 4.78 is 22.8. The minimum absolute atomic E-state index is 0.139. The average Bonchev–Trinajstić information content (AvgIpc) is 3.59. The van der Waals surface area contributed by atoms with E-state index in [0.717, 1.165) is 122 Å². The largest absolute Gasteiger partial charge is 0.545 e. The topological polar surface area (TPSA) is 111 Å². The van der Waals surface area contributed by atoms with Gasteiger partial charge in [0.15, 0.2) is 12.4 Å². The van der Waals surface area contributed by atoms with E-state index in [-0.39, 0.29) is 38.6 Å². The van der Waals surface area contributed by atoms with E-state index >= 15 is 0 Å².